The van der Waals surface area contributed by atoms with E-state index in [4.69, 9.17) is 0 Å². The van der Waals surface area contributed by atoms with E-state index in [9.17, 15) is 0 Å². The van der Waals surface area contributed by atoms with E-state index in [-0.39, 0.29) is 0 Å². The summed E-state index contributed by atoms with van der Waals surface area (Å²) in [4.78, 5) is 0. The molecule has 5 heteroatoms. The Bertz CT molecular complexity index is 752. The van der Waals surface area contributed by atoms with Crippen molar-refractivity contribution >= 4 is 11.8 Å². The molecule has 0 aliphatic carbocycles. The topological polar surface area (TPSA) is 43.6 Å². The van der Waals surface area contributed by atoms with Gasteiger partial charge in [0, 0.05) is 5.75 Å². The first-order valence-corrected chi connectivity index (χ1v) is 8.26. The highest BCUT2D eigenvalue weighted by molar-refractivity contribution is 7.99. The van der Waals surface area contributed by atoms with E-state index in [0.717, 1.165) is 23.0 Å². The Labute approximate surface area is 134 Å². The number of rotatable bonds is 5. The Kier molecular flexibility index (Phi) is 4.53. The average molecular weight is 310 g/mol. The molecule has 1 heterocycles. The van der Waals surface area contributed by atoms with Gasteiger partial charge in [0.2, 0.25) is 5.16 Å². The highest BCUT2D eigenvalue weighted by Gasteiger charge is 2.11. The molecule has 0 spiro atoms. The number of aryl methyl sites for hydroxylation is 2. The molecule has 3 rings (SSSR count). The number of nitrogens with zero attached hydrogens (tertiary/aromatic N) is 4. The minimum atomic E-state index is 0.838. The third kappa shape index (κ3) is 3.20. The molecule has 0 fully saturated rings. The van der Waals surface area contributed by atoms with Crippen LogP contribution in [-0.4, -0.2) is 26.0 Å². The van der Waals surface area contributed by atoms with E-state index in [2.05, 4.69) is 65.8 Å². The Hall–Kier alpha value is -2.14. The molecule has 3 aromatic rings. The summed E-state index contributed by atoms with van der Waals surface area (Å²) >= 11 is 1.68. The molecular formula is C17H18N4S. The van der Waals surface area contributed by atoms with Crippen molar-refractivity contribution in [1.29, 1.82) is 0 Å². The van der Waals surface area contributed by atoms with Crippen molar-refractivity contribution in [3.63, 3.8) is 0 Å². The SMILES string of the molecule is Cc1cccc(-n2nnnc2SCCc2ccccc2)c1C. The fourth-order valence-electron chi connectivity index (χ4n) is 2.29. The molecule has 0 saturated heterocycles. The van der Waals surface area contributed by atoms with Gasteiger partial charge in [0.05, 0.1) is 5.69 Å². The lowest BCUT2D eigenvalue weighted by atomic mass is 10.1. The van der Waals surface area contributed by atoms with Gasteiger partial charge in [0.15, 0.2) is 0 Å². The number of thioether (sulfide) groups is 1. The van der Waals surface area contributed by atoms with Crippen molar-refractivity contribution in [2.75, 3.05) is 5.75 Å². The summed E-state index contributed by atoms with van der Waals surface area (Å²) in [5, 5.41) is 13.0. The zero-order chi connectivity index (χ0) is 15.4. The van der Waals surface area contributed by atoms with E-state index in [0.29, 0.717) is 0 Å². The lowest BCUT2D eigenvalue weighted by Crippen LogP contribution is -2.03. The molecule has 0 aliphatic heterocycles. The molecule has 22 heavy (non-hydrogen) atoms. The maximum Gasteiger partial charge on any atom is 0.214 e. The summed E-state index contributed by atoms with van der Waals surface area (Å²) in [6.45, 7) is 4.20. The van der Waals surface area contributed by atoms with Crippen molar-refractivity contribution in [3.05, 3.63) is 65.2 Å². The number of hydrogen-bond acceptors (Lipinski definition) is 4. The Morgan fingerprint density at radius 1 is 1.00 bits per heavy atom. The average Bonchev–Trinajstić information content (AvgIpc) is 2.99. The molecule has 0 unspecified atom stereocenters. The monoisotopic (exact) mass is 310 g/mol. The highest BCUT2D eigenvalue weighted by atomic mass is 32.2. The van der Waals surface area contributed by atoms with Crippen LogP contribution in [0.25, 0.3) is 5.69 Å². The van der Waals surface area contributed by atoms with Gasteiger partial charge in [-0.05, 0) is 53.5 Å². The number of tetrazole rings is 1. The van der Waals surface area contributed by atoms with Crippen LogP contribution in [0, 0.1) is 13.8 Å². The predicted octanol–water partition coefficient (Wildman–Crippen LogP) is 3.61. The minimum absolute atomic E-state index is 0.838. The van der Waals surface area contributed by atoms with Crippen LogP contribution in [0.2, 0.25) is 0 Å². The third-order valence-electron chi connectivity index (χ3n) is 3.71. The fraction of sp³-hybridized carbons (Fsp3) is 0.235. The summed E-state index contributed by atoms with van der Waals surface area (Å²) in [6, 6.07) is 16.7. The molecule has 0 radical (unpaired) electrons. The standard InChI is InChI=1S/C17H18N4S/c1-13-7-6-10-16(14(13)2)21-17(18-19-20-21)22-12-11-15-8-4-3-5-9-15/h3-10H,11-12H2,1-2H3. The molecule has 0 amide bonds. The van der Waals surface area contributed by atoms with Crippen LogP contribution in [0.4, 0.5) is 0 Å². The van der Waals surface area contributed by atoms with Crippen LogP contribution in [-0.2, 0) is 6.42 Å². The highest BCUT2D eigenvalue weighted by Crippen LogP contribution is 2.22. The van der Waals surface area contributed by atoms with Crippen LogP contribution >= 0.6 is 11.8 Å². The van der Waals surface area contributed by atoms with Crippen LogP contribution in [0.15, 0.2) is 53.7 Å². The van der Waals surface area contributed by atoms with Gasteiger partial charge in [-0.3, -0.25) is 0 Å². The maximum absolute atomic E-state index is 4.16. The zero-order valence-corrected chi connectivity index (χ0v) is 13.5. The van der Waals surface area contributed by atoms with E-state index in [1.54, 1.807) is 11.8 Å². The van der Waals surface area contributed by atoms with Crippen LogP contribution in [0.1, 0.15) is 16.7 Å². The molecule has 4 nitrogen and oxygen atoms in total. The summed E-state index contributed by atoms with van der Waals surface area (Å²) in [6.07, 6.45) is 1.01. The van der Waals surface area contributed by atoms with Crippen molar-refractivity contribution in [3.8, 4) is 5.69 Å². The second kappa shape index (κ2) is 6.75. The van der Waals surface area contributed by atoms with Crippen molar-refractivity contribution in [2.24, 2.45) is 0 Å². The van der Waals surface area contributed by atoms with E-state index >= 15 is 0 Å². The summed E-state index contributed by atoms with van der Waals surface area (Å²) in [5.74, 6) is 0.954. The van der Waals surface area contributed by atoms with Gasteiger partial charge in [-0.15, -0.1) is 5.10 Å². The number of hydrogen-bond donors (Lipinski definition) is 0. The van der Waals surface area contributed by atoms with Crippen molar-refractivity contribution < 1.29 is 0 Å². The van der Waals surface area contributed by atoms with E-state index < -0.39 is 0 Å². The van der Waals surface area contributed by atoms with E-state index in [1.165, 1.54) is 16.7 Å². The lowest BCUT2D eigenvalue weighted by Gasteiger charge is -2.09. The van der Waals surface area contributed by atoms with Crippen molar-refractivity contribution in [2.45, 2.75) is 25.4 Å². The molecule has 0 aliphatic rings. The summed E-state index contributed by atoms with van der Waals surface area (Å²) < 4.78 is 1.83. The first-order valence-electron chi connectivity index (χ1n) is 7.27. The second-order valence-corrected chi connectivity index (χ2v) is 6.24. The van der Waals surface area contributed by atoms with Gasteiger partial charge in [0.1, 0.15) is 0 Å². The minimum Gasteiger partial charge on any atom is -0.187 e. The smallest absolute Gasteiger partial charge is 0.187 e. The van der Waals surface area contributed by atoms with Gasteiger partial charge in [0.25, 0.3) is 0 Å². The molecule has 112 valence electrons. The molecule has 0 N–H and O–H groups in total. The van der Waals surface area contributed by atoms with Crippen LogP contribution in [0.5, 0.6) is 0 Å². The predicted molar refractivity (Wildman–Crippen MR) is 89.5 cm³/mol. The zero-order valence-electron chi connectivity index (χ0n) is 12.7. The Morgan fingerprint density at radius 2 is 1.82 bits per heavy atom. The van der Waals surface area contributed by atoms with Gasteiger partial charge in [-0.25, -0.2) is 0 Å². The third-order valence-corrected chi connectivity index (χ3v) is 4.63. The van der Waals surface area contributed by atoms with Crippen LogP contribution < -0.4 is 0 Å². The Morgan fingerprint density at radius 3 is 2.64 bits per heavy atom. The first-order chi connectivity index (χ1) is 10.8. The molecule has 1 aromatic heterocycles. The summed E-state index contributed by atoms with van der Waals surface area (Å²) in [7, 11) is 0. The number of aromatic nitrogens is 4. The second-order valence-electron chi connectivity index (χ2n) is 5.18. The molecule has 0 bridgehead atoms. The van der Waals surface area contributed by atoms with Gasteiger partial charge in [-0.1, -0.05) is 54.2 Å². The molecular weight excluding hydrogens is 292 g/mol. The largest absolute Gasteiger partial charge is 0.214 e. The number of benzene rings is 2. The normalized spacial score (nSPS) is 10.8. The molecule has 0 atom stereocenters. The summed E-state index contributed by atoms with van der Waals surface area (Å²) in [5.41, 5.74) is 4.83. The molecule has 2 aromatic carbocycles. The van der Waals surface area contributed by atoms with Gasteiger partial charge in [-0.2, -0.15) is 4.68 Å². The van der Waals surface area contributed by atoms with Gasteiger partial charge >= 0.3 is 0 Å². The Balaban J connectivity index is 1.74. The van der Waals surface area contributed by atoms with E-state index in [1.807, 2.05) is 16.8 Å². The fourth-order valence-corrected chi connectivity index (χ4v) is 3.16. The first kappa shape index (κ1) is 14.8. The maximum atomic E-state index is 4.16. The van der Waals surface area contributed by atoms with Gasteiger partial charge < -0.3 is 0 Å². The van der Waals surface area contributed by atoms with Crippen LogP contribution in [0.3, 0.4) is 0 Å². The lowest BCUT2D eigenvalue weighted by molar-refractivity contribution is 0.751. The van der Waals surface area contributed by atoms with Crippen molar-refractivity contribution in [1.82, 2.24) is 20.2 Å². The molecule has 0 saturated carbocycles. The quantitative estimate of drug-likeness (QED) is 0.675.